The van der Waals surface area contributed by atoms with Gasteiger partial charge in [-0.15, -0.1) is 0 Å². The van der Waals surface area contributed by atoms with Crippen LogP contribution in [0.4, 0.5) is 11.5 Å². The van der Waals surface area contributed by atoms with Gasteiger partial charge in [0.1, 0.15) is 5.82 Å². The highest BCUT2D eigenvalue weighted by Gasteiger charge is 2.35. The first kappa shape index (κ1) is 19.5. The second kappa shape index (κ2) is 8.21. The van der Waals surface area contributed by atoms with Crippen LogP contribution in [-0.4, -0.2) is 40.2 Å². The molecule has 7 heteroatoms. The number of anilines is 2. The second-order valence-corrected chi connectivity index (χ2v) is 7.28. The second-order valence-electron chi connectivity index (χ2n) is 7.28. The van der Waals surface area contributed by atoms with Gasteiger partial charge < -0.3 is 15.5 Å². The third-order valence-electron chi connectivity index (χ3n) is 4.72. The van der Waals surface area contributed by atoms with Gasteiger partial charge in [-0.3, -0.25) is 14.4 Å². The molecule has 1 aromatic heterocycles. The Kier molecular flexibility index (Phi) is 5.73. The Morgan fingerprint density at radius 1 is 1.14 bits per heavy atom. The summed E-state index contributed by atoms with van der Waals surface area (Å²) in [6.07, 6.45) is 1.87. The van der Waals surface area contributed by atoms with Crippen LogP contribution in [0.25, 0.3) is 0 Å². The summed E-state index contributed by atoms with van der Waals surface area (Å²) in [6, 6.07) is 10.4. The van der Waals surface area contributed by atoms with Crippen molar-refractivity contribution in [2.24, 2.45) is 5.92 Å². The predicted molar refractivity (Wildman–Crippen MR) is 107 cm³/mol. The van der Waals surface area contributed by atoms with E-state index in [0.29, 0.717) is 23.6 Å². The molecular formula is C21H24N4O3. The lowest BCUT2D eigenvalue weighted by Gasteiger charge is -2.20. The molecule has 1 aromatic carbocycles. The van der Waals surface area contributed by atoms with E-state index in [1.165, 1.54) is 0 Å². The molecule has 2 N–H and O–H groups in total. The van der Waals surface area contributed by atoms with E-state index >= 15 is 0 Å². The van der Waals surface area contributed by atoms with Gasteiger partial charge in [-0.05, 0) is 62.7 Å². The van der Waals surface area contributed by atoms with Gasteiger partial charge in [-0.25, -0.2) is 4.98 Å². The first-order valence-electron chi connectivity index (χ1n) is 9.28. The highest BCUT2D eigenvalue weighted by atomic mass is 16.2. The Hall–Kier alpha value is -3.22. The number of nitrogens with one attached hydrogen (secondary N) is 2. The van der Waals surface area contributed by atoms with Crippen molar-refractivity contribution in [3.8, 4) is 0 Å². The highest BCUT2D eigenvalue weighted by Crippen LogP contribution is 2.22. The Bertz CT molecular complexity index is 893. The molecule has 28 heavy (non-hydrogen) atoms. The standard InChI is InChI=1S/C21H24N4O3/c1-13(2)25-12-16(11-19(25)26)21(28)23-17-6-4-15(5-7-17)20(27)24-18-10-14(3)8-9-22-18/h4-10,13,16H,11-12H2,1-3H3,(H,23,28)(H,22,24,27). The quantitative estimate of drug-likeness (QED) is 0.834. The van der Waals surface area contributed by atoms with Gasteiger partial charge in [0.2, 0.25) is 11.8 Å². The van der Waals surface area contributed by atoms with E-state index in [9.17, 15) is 14.4 Å². The molecule has 0 saturated carbocycles. The molecule has 0 spiro atoms. The zero-order valence-corrected chi connectivity index (χ0v) is 16.2. The van der Waals surface area contributed by atoms with Gasteiger partial charge in [0, 0.05) is 36.5 Å². The fraction of sp³-hybridized carbons (Fsp3) is 0.333. The van der Waals surface area contributed by atoms with Gasteiger partial charge in [-0.1, -0.05) is 0 Å². The number of amides is 3. The van der Waals surface area contributed by atoms with Gasteiger partial charge in [0.05, 0.1) is 5.92 Å². The van der Waals surface area contributed by atoms with E-state index in [-0.39, 0.29) is 36.1 Å². The summed E-state index contributed by atoms with van der Waals surface area (Å²) in [7, 11) is 0. The number of pyridine rings is 1. The number of aromatic nitrogens is 1. The summed E-state index contributed by atoms with van der Waals surface area (Å²) in [5, 5.41) is 5.57. The number of benzene rings is 1. The van der Waals surface area contributed by atoms with Gasteiger partial charge >= 0.3 is 0 Å². The maximum absolute atomic E-state index is 12.4. The first-order chi connectivity index (χ1) is 13.3. The van der Waals surface area contributed by atoms with E-state index in [1.807, 2.05) is 26.8 Å². The van der Waals surface area contributed by atoms with Crippen molar-refractivity contribution >= 4 is 29.2 Å². The van der Waals surface area contributed by atoms with Crippen molar-refractivity contribution in [1.82, 2.24) is 9.88 Å². The molecule has 2 aromatic rings. The molecule has 2 heterocycles. The first-order valence-corrected chi connectivity index (χ1v) is 9.28. The average molecular weight is 380 g/mol. The van der Waals surface area contributed by atoms with Crippen LogP contribution in [0.3, 0.4) is 0 Å². The Morgan fingerprint density at radius 2 is 1.86 bits per heavy atom. The molecule has 0 aliphatic carbocycles. The Labute approximate surface area is 164 Å². The molecule has 3 amide bonds. The predicted octanol–water partition coefficient (Wildman–Crippen LogP) is 2.84. The summed E-state index contributed by atoms with van der Waals surface area (Å²) in [6.45, 7) is 6.24. The zero-order chi connectivity index (χ0) is 20.3. The van der Waals surface area contributed by atoms with Gasteiger partial charge in [0.15, 0.2) is 0 Å². The van der Waals surface area contributed by atoms with E-state index in [1.54, 1.807) is 41.4 Å². The third-order valence-corrected chi connectivity index (χ3v) is 4.72. The minimum Gasteiger partial charge on any atom is -0.339 e. The van der Waals surface area contributed by atoms with Crippen LogP contribution in [0.1, 0.15) is 36.2 Å². The molecule has 3 rings (SSSR count). The number of carbonyl (C=O) groups excluding carboxylic acids is 3. The van der Waals surface area contributed by atoms with Crippen molar-refractivity contribution in [3.63, 3.8) is 0 Å². The fourth-order valence-corrected chi connectivity index (χ4v) is 3.15. The summed E-state index contributed by atoms with van der Waals surface area (Å²) in [5.41, 5.74) is 2.05. The number of rotatable bonds is 5. The fourth-order valence-electron chi connectivity index (χ4n) is 3.15. The van der Waals surface area contributed by atoms with Crippen molar-refractivity contribution in [2.75, 3.05) is 17.2 Å². The summed E-state index contributed by atoms with van der Waals surface area (Å²) in [5.74, 6) is -0.317. The van der Waals surface area contributed by atoms with E-state index < -0.39 is 0 Å². The smallest absolute Gasteiger partial charge is 0.256 e. The minimum atomic E-state index is -0.356. The topological polar surface area (TPSA) is 91.4 Å². The van der Waals surface area contributed by atoms with Crippen LogP contribution in [0.15, 0.2) is 42.6 Å². The lowest BCUT2D eigenvalue weighted by molar-refractivity contribution is -0.129. The largest absolute Gasteiger partial charge is 0.339 e. The van der Waals surface area contributed by atoms with Crippen molar-refractivity contribution in [1.29, 1.82) is 0 Å². The zero-order valence-electron chi connectivity index (χ0n) is 16.2. The molecule has 0 bridgehead atoms. The molecule has 1 aliphatic heterocycles. The van der Waals surface area contributed by atoms with Crippen molar-refractivity contribution < 1.29 is 14.4 Å². The number of nitrogens with zero attached hydrogens (tertiary/aromatic N) is 2. The lowest BCUT2D eigenvalue weighted by atomic mass is 10.1. The molecule has 0 radical (unpaired) electrons. The van der Waals surface area contributed by atoms with E-state index in [2.05, 4.69) is 15.6 Å². The number of hydrogen-bond acceptors (Lipinski definition) is 4. The maximum Gasteiger partial charge on any atom is 0.256 e. The summed E-state index contributed by atoms with van der Waals surface area (Å²) in [4.78, 5) is 42.6. The SMILES string of the molecule is Cc1ccnc(NC(=O)c2ccc(NC(=O)C3CC(=O)N(C(C)C)C3)cc2)c1. The monoisotopic (exact) mass is 380 g/mol. The van der Waals surface area contributed by atoms with Crippen LogP contribution < -0.4 is 10.6 Å². The number of likely N-dealkylation sites (tertiary alicyclic amines) is 1. The van der Waals surface area contributed by atoms with Crippen LogP contribution in [0, 0.1) is 12.8 Å². The molecular weight excluding hydrogens is 356 g/mol. The molecule has 7 nitrogen and oxygen atoms in total. The molecule has 1 fully saturated rings. The highest BCUT2D eigenvalue weighted by molar-refractivity contribution is 6.04. The Balaban J connectivity index is 1.59. The van der Waals surface area contributed by atoms with Gasteiger partial charge in [-0.2, -0.15) is 0 Å². The molecule has 1 unspecified atom stereocenters. The average Bonchev–Trinajstić information content (AvgIpc) is 3.04. The van der Waals surface area contributed by atoms with E-state index in [0.717, 1.165) is 5.56 Å². The minimum absolute atomic E-state index is 0.00641. The van der Waals surface area contributed by atoms with Crippen LogP contribution >= 0.6 is 0 Å². The van der Waals surface area contributed by atoms with E-state index in [4.69, 9.17) is 0 Å². The lowest BCUT2D eigenvalue weighted by Crippen LogP contribution is -2.33. The molecule has 1 saturated heterocycles. The normalized spacial score (nSPS) is 16.4. The molecule has 1 aliphatic rings. The summed E-state index contributed by atoms with van der Waals surface area (Å²) < 4.78 is 0. The number of carbonyl (C=O) groups is 3. The van der Waals surface area contributed by atoms with Crippen molar-refractivity contribution in [2.45, 2.75) is 33.2 Å². The third kappa shape index (κ3) is 4.54. The van der Waals surface area contributed by atoms with Crippen molar-refractivity contribution in [3.05, 3.63) is 53.7 Å². The van der Waals surface area contributed by atoms with Crippen LogP contribution in [-0.2, 0) is 9.59 Å². The number of aryl methyl sites for hydroxylation is 1. The number of hydrogen-bond donors (Lipinski definition) is 2. The summed E-state index contributed by atoms with van der Waals surface area (Å²) >= 11 is 0. The van der Waals surface area contributed by atoms with Crippen LogP contribution in [0.5, 0.6) is 0 Å². The molecule has 1 atom stereocenters. The molecule has 146 valence electrons. The Morgan fingerprint density at radius 3 is 2.46 bits per heavy atom. The maximum atomic E-state index is 12.4. The van der Waals surface area contributed by atoms with Gasteiger partial charge in [0.25, 0.3) is 5.91 Å². The van der Waals surface area contributed by atoms with Crippen LogP contribution in [0.2, 0.25) is 0 Å².